The second-order valence-electron chi connectivity index (χ2n) is 5.71. The van der Waals surface area contributed by atoms with Crippen LogP contribution < -0.4 is 16.0 Å². The number of aryl methyl sites for hydroxylation is 1. The van der Waals surface area contributed by atoms with Gasteiger partial charge >= 0.3 is 5.97 Å². The van der Waals surface area contributed by atoms with E-state index in [4.69, 9.17) is 0 Å². The Morgan fingerprint density at radius 3 is 2.33 bits per heavy atom. The van der Waals surface area contributed by atoms with E-state index in [1.54, 1.807) is 25.1 Å². The highest BCUT2D eigenvalue weighted by Crippen LogP contribution is 2.16. The molecule has 27 heavy (non-hydrogen) atoms. The van der Waals surface area contributed by atoms with Crippen molar-refractivity contribution in [1.82, 2.24) is 5.32 Å². The molecule has 2 aromatic rings. The zero-order valence-corrected chi connectivity index (χ0v) is 15.0. The molecule has 0 aromatic heterocycles. The summed E-state index contributed by atoms with van der Waals surface area (Å²) < 4.78 is 17.5. The predicted octanol–water partition coefficient (Wildman–Crippen LogP) is 2.09. The minimum Gasteiger partial charge on any atom is -0.465 e. The smallest absolute Gasteiger partial charge is 0.337 e. The molecule has 0 radical (unpaired) electrons. The van der Waals surface area contributed by atoms with Crippen LogP contribution in [0.5, 0.6) is 0 Å². The number of carbonyl (C=O) groups is 3. The first-order chi connectivity index (χ1) is 12.9. The van der Waals surface area contributed by atoms with Crippen molar-refractivity contribution in [3.63, 3.8) is 0 Å². The van der Waals surface area contributed by atoms with Crippen LogP contribution in [0.1, 0.15) is 15.9 Å². The van der Waals surface area contributed by atoms with Crippen LogP contribution >= 0.6 is 0 Å². The Morgan fingerprint density at radius 2 is 1.70 bits per heavy atom. The van der Waals surface area contributed by atoms with Gasteiger partial charge in [0.15, 0.2) is 0 Å². The highest BCUT2D eigenvalue weighted by Gasteiger charge is 2.09. The average molecular weight is 373 g/mol. The van der Waals surface area contributed by atoms with Gasteiger partial charge in [-0.15, -0.1) is 0 Å². The van der Waals surface area contributed by atoms with Crippen LogP contribution in [0.15, 0.2) is 42.5 Å². The lowest BCUT2D eigenvalue weighted by molar-refractivity contribution is -0.122. The molecule has 7 nitrogen and oxygen atoms in total. The molecule has 0 unspecified atom stereocenters. The fourth-order valence-electron chi connectivity index (χ4n) is 2.26. The van der Waals surface area contributed by atoms with Gasteiger partial charge < -0.3 is 20.7 Å². The van der Waals surface area contributed by atoms with Crippen LogP contribution in [0.3, 0.4) is 0 Å². The van der Waals surface area contributed by atoms with Gasteiger partial charge in [0.2, 0.25) is 11.8 Å². The SMILES string of the molecule is COC(=O)c1ccc(NCC(=O)NCC(=O)Nc2ccc(F)cc2)c(C)c1. The lowest BCUT2D eigenvalue weighted by Crippen LogP contribution is -2.36. The van der Waals surface area contributed by atoms with E-state index in [0.717, 1.165) is 5.56 Å². The minimum absolute atomic E-state index is 0.0394. The lowest BCUT2D eigenvalue weighted by Gasteiger charge is -2.11. The highest BCUT2D eigenvalue weighted by atomic mass is 19.1. The molecule has 2 rings (SSSR count). The van der Waals surface area contributed by atoms with Crippen LogP contribution in [0.2, 0.25) is 0 Å². The maximum atomic E-state index is 12.8. The maximum absolute atomic E-state index is 12.8. The Bertz CT molecular complexity index is 837. The Morgan fingerprint density at radius 1 is 1.00 bits per heavy atom. The zero-order chi connectivity index (χ0) is 19.8. The van der Waals surface area contributed by atoms with Gasteiger partial charge in [0.1, 0.15) is 5.82 Å². The number of halogens is 1. The van der Waals surface area contributed by atoms with E-state index in [1.807, 2.05) is 0 Å². The number of nitrogens with one attached hydrogen (secondary N) is 3. The Labute approximate surface area is 155 Å². The number of hydrogen-bond acceptors (Lipinski definition) is 5. The molecule has 0 saturated carbocycles. The maximum Gasteiger partial charge on any atom is 0.337 e. The Kier molecular flexibility index (Phi) is 6.87. The molecule has 0 fully saturated rings. The highest BCUT2D eigenvalue weighted by molar-refractivity contribution is 5.95. The van der Waals surface area contributed by atoms with Gasteiger partial charge in [-0.25, -0.2) is 9.18 Å². The number of esters is 1. The number of methoxy groups -OCH3 is 1. The summed E-state index contributed by atoms with van der Waals surface area (Å²) in [5, 5.41) is 7.97. The predicted molar refractivity (Wildman–Crippen MR) is 99.0 cm³/mol. The molecule has 0 aliphatic heterocycles. The third-order valence-electron chi connectivity index (χ3n) is 3.66. The molecule has 0 spiro atoms. The van der Waals surface area contributed by atoms with Crippen molar-refractivity contribution in [3.05, 3.63) is 59.4 Å². The summed E-state index contributed by atoms with van der Waals surface area (Å²) in [5.41, 5.74) is 2.32. The topological polar surface area (TPSA) is 96.5 Å². The molecule has 2 aromatic carbocycles. The molecule has 3 N–H and O–H groups in total. The first-order valence-electron chi connectivity index (χ1n) is 8.14. The molecular formula is C19H20FN3O4. The summed E-state index contributed by atoms with van der Waals surface area (Å²) in [5.74, 6) is -1.63. The lowest BCUT2D eigenvalue weighted by atomic mass is 10.1. The van der Waals surface area contributed by atoms with E-state index < -0.39 is 17.7 Å². The molecule has 0 bridgehead atoms. The van der Waals surface area contributed by atoms with Crippen molar-refractivity contribution in [3.8, 4) is 0 Å². The van der Waals surface area contributed by atoms with Crippen LogP contribution in [-0.4, -0.2) is 38.0 Å². The van der Waals surface area contributed by atoms with Gasteiger partial charge in [0.05, 0.1) is 25.8 Å². The van der Waals surface area contributed by atoms with Gasteiger partial charge in [0.25, 0.3) is 0 Å². The van der Waals surface area contributed by atoms with Gasteiger partial charge in [0, 0.05) is 11.4 Å². The summed E-state index contributed by atoms with van der Waals surface area (Å²) in [6, 6.07) is 10.2. The quantitative estimate of drug-likeness (QED) is 0.646. The van der Waals surface area contributed by atoms with E-state index in [0.29, 0.717) is 16.9 Å². The van der Waals surface area contributed by atoms with Crippen LogP contribution in [0, 0.1) is 12.7 Å². The number of benzene rings is 2. The first kappa shape index (κ1) is 19.9. The van der Waals surface area contributed by atoms with Crippen LogP contribution in [-0.2, 0) is 14.3 Å². The molecule has 2 amide bonds. The number of rotatable bonds is 7. The third kappa shape index (κ3) is 6.10. The third-order valence-corrected chi connectivity index (χ3v) is 3.66. The fourth-order valence-corrected chi connectivity index (χ4v) is 2.26. The molecule has 0 atom stereocenters. The first-order valence-corrected chi connectivity index (χ1v) is 8.14. The summed E-state index contributed by atoms with van der Waals surface area (Å²) in [6.07, 6.45) is 0. The molecular weight excluding hydrogens is 353 g/mol. The van der Waals surface area contributed by atoms with Crippen LogP contribution in [0.4, 0.5) is 15.8 Å². The molecule has 0 aliphatic carbocycles. The monoisotopic (exact) mass is 373 g/mol. The van der Waals surface area contributed by atoms with Crippen molar-refractivity contribution in [2.45, 2.75) is 6.92 Å². The van der Waals surface area contributed by atoms with Crippen molar-refractivity contribution in [2.75, 3.05) is 30.8 Å². The molecule has 0 aliphatic rings. The second kappa shape index (κ2) is 9.33. The van der Waals surface area contributed by atoms with Gasteiger partial charge in [-0.1, -0.05) is 0 Å². The number of carbonyl (C=O) groups excluding carboxylic acids is 3. The van der Waals surface area contributed by atoms with Gasteiger partial charge in [-0.2, -0.15) is 0 Å². The molecule has 8 heteroatoms. The van der Waals surface area contributed by atoms with E-state index in [9.17, 15) is 18.8 Å². The molecule has 142 valence electrons. The van der Waals surface area contributed by atoms with E-state index in [2.05, 4.69) is 20.7 Å². The number of amides is 2. The van der Waals surface area contributed by atoms with Crippen molar-refractivity contribution in [2.24, 2.45) is 0 Å². The van der Waals surface area contributed by atoms with E-state index >= 15 is 0 Å². The molecule has 0 heterocycles. The van der Waals surface area contributed by atoms with Gasteiger partial charge in [-0.3, -0.25) is 9.59 Å². The summed E-state index contributed by atoms with van der Waals surface area (Å²) >= 11 is 0. The van der Waals surface area contributed by atoms with Crippen molar-refractivity contribution < 1.29 is 23.5 Å². The Balaban J connectivity index is 1.78. The Hall–Kier alpha value is -3.42. The summed E-state index contributed by atoms with van der Waals surface area (Å²) in [6.45, 7) is 1.54. The van der Waals surface area contributed by atoms with Crippen LogP contribution in [0.25, 0.3) is 0 Å². The van der Waals surface area contributed by atoms with Crippen molar-refractivity contribution in [1.29, 1.82) is 0 Å². The molecule has 0 saturated heterocycles. The standard InChI is InChI=1S/C19H20FN3O4/c1-12-9-13(19(26)27-2)3-8-16(12)21-10-17(24)22-11-18(25)23-15-6-4-14(20)5-7-15/h3-9,21H,10-11H2,1-2H3,(H,22,24)(H,23,25). The fraction of sp³-hybridized carbons (Fsp3) is 0.211. The van der Waals surface area contributed by atoms with Crippen molar-refractivity contribution >= 4 is 29.2 Å². The summed E-state index contributed by atoms with van der Waals surface area (Å²) in [7, 11) is 1.31. The second-order valence-corrected chi connectivity index (χ2v) is 5.71. The largest absolute Gasteiger partial charge is 0.465 e. The van der Waals surface area contributed by atoms with E-state index in [1.165, 1.54) is 31.4 Å². The van der Waals surface area contributed by atoms with Gasteiger partial charge in [-0.05, 0) is 55.0 Å². The summed E-state index contributed by atoms with van der Waals surface area (Å²) in [4.78, 5) is 35.1. The number of anilines is 2. The number of ether oxygens (including phenoxy) is 1. The zero-order valence-electron chi connectivity index (χ0n) is 15.0. The number of hydrogen-bond donors (Lipinski definition) is 3. The average Bonchev–Trinajstić information content (AvgIpc) is 2.66. The van der Waals surface area contributed by atoms with E-state index in [-0.39, 0.29) is 19.0 Å². The minimum atomic E-state index is -0.436. The normalized spacial score (nSPS) is 10.0.